The lowest BCUT2D eigenvalue weighted by Crippen LogP contribution is -2.43. The number of carbonyl (C=O) groups is 1. The third-order valence-corrected chi connectivity index (χ3v) is 7.37. The molecule has 5 heterocycles. The minimum atomic E-state index is -0.157. The van der Waals surface area contributed by atoms with E-state index in [1.54, 1.807) is 11.3 Å². The second kappa shape index (κ2) is 7.98. The first-order valence-corrected chi connectivity index (χ1v) is 11.5. The minimum Gasteiger partial charge on any atom is -0.350 e. The van der Waals surface area contributed by atoms with Gasteiger partial charge in [-0.3, -0.25) is 14.2 Å². The summed E-state index contributed by atoms with van der Waals surface area (Å²) < 4.78 is 12.6. The molecular weight excluding hydrogens is 410 g/mol. The van der Waals surface area contributed by atoms with Crippen molar-refractivity contribution < 1.29 is 14.3 Å². The van der Waals surface area contributed by atoms with Crippen molar-refractivity contribution in [2.45, 2.75) is 25.7 Å². The summed E-state index contributed by atoms with van der Waals surface area (Å²) in [6.45, 7) is 2.64. The highest BCUT2D eigenvalue weighted by atomic mass is 32.1. The van der Waals surface area contributed by atoms with Crippen LogP contribution in [0, 0.1) is 5.92 Å². The Morgan fingerprint density at radius 3 is 2.72 bits per heavy atom. The van der Waals surface area contributed by atoms with Crippen LogP contribution < -0.4 is 5.56 Å². The lowest BCUT2D eigenvalue weighted by Gasteiger charge is -2.33. The molecule has 9 heteroatoms. The molecule has 0 spiro atoms. The van der Waals surface area contributed by atoms with E-state index < -0.39 is 0 Å². The zero-order chi connectivity index (χ0) is 19.8. The SMILES string of the molecule is O=C(Cn1cnc2scc(-c3cccs3)c2c1=O)N1CCC(C2OCCO2)CC1. The van der Waals surface area contributed by atoms with Crippen LogP contribution in [0.5, 0.6) is 0 Å². The van der Waals surface area contributed by atoms with Crippen molar-refractivity contribution in [2.75, 3.05) is 26.3 Å². The number of carbonyl (C=O) groups excluding carboxylic acids is 1. The number of ether oxygens (including phenoxy) is 2. The Morgan fingerprint density at radius 2 is 2.00 bits per heavy atom. The zero-order valence-corrected chi connectivity index (χ0v) is 17.4. The van der Waals surface area contributed by atoms with E-state index in [4.69, 9.17) is 9.47 Å². The number of nitrogens with zero attached hydrogens (tertiary/aromatic N) is 3. The predicted octanol–water partition coefficient (Wildman–Crippen LogP) is 2.80. The molecule has 7 nitrogen and oxygen atoms in total. The van der Waals surface area contributed by atoms with Gasteiger partial charge in [0.15, 0.2) is 6.29 Å². The van der Waals surface area contributed by atoms with Gasteiger partial charge in [0.1, 0.15) is 11.4 Å². The summed E-state index contributed by atoms with van der Waals surface area (Å²) in [7, 11) is 0. The normalized spacial score (nSPS) is 18.7. The number of thiophene rings is 2. The van der Waals surface area contributed by atoms with E-state index in [0.29, 0.717) is 42.4 Å². The van der Waals surface area contributed by atoms with Crippen molar-refractivity contribution in [3.8, 4) is 10.4 Å². The molecule has 152 valence electrons. The van der Waals surface area contributed by atoms with Crippen LogP contribution >= 0.6 is 22.7 Å². The average molecular weight is 432 g/mol. The van der Waals surface area contributed by atoms with Crippen LogP contribution in [0.2, 0.25) is 0 Å². The van der Waals surface area contributed by atoms with Gasteiger partial charge in [0.2, 0.25) is 5.91 Å². The quantitative estimate of drug-likeness (QED) is 0.635. The van der Waals surface area contributed by atoms with E-state index in [1.807, 2.05) is 27.8 Å². The number of hydrogen-bond donors (Lipinski definition) is 0. The van der Waals surface area contributed by atoms with E-state index in [2.05, 4.69) is 4.98 Å². The molecule has 29 heavy (non-hydrogen) atoms. The molecule has 0 aromatic carbocycles. The molecule has 0 aliphatic carbocycles. The molecule has 2 saturated heterocycles. The molecule has 0 atom stereocenters. The van der Waals surface area contributed by atoms with Gasteiger partial charge in [-0.15, -0.1) is 22.7 Å². The number of piperidine rings is 1. The summed E-state index contributed by atoms with van der Waals surface area (Å²) in [5.74, 6) is 0.286. The van der Waals surface area contributed by atoms with Gasteiger partial charge in [0.05, 0.1) is 24.9 Å². The van der Waals surface area contributed by atoms with Crippen LogP contribution in [0.4, 0.5) is 0 Å². The second-order valence-corrected chi connectivity index (χ2v) is 9.12. The summed E-state index contributed by atoms with van der Waals surface area (Å²) in [6, 6.07) is 3.96. The number of amides is 1. The van der Waals surface area contributed by atoms with Crippen LogP contribution in [0.15, 0.2) is 34.0 Å². The fraction of sp³-hybridized carbons (Fsp3) is 0.450. The molecule has 3 aromatic rings. The molecule has 0 unspecified atom stereocenters. The van der Waals surface area contributed by atoms with Crippen LogP contribution in [0.3, 0.4) is 0 Å². The smallest absolute Gasteiger partial charge is 0.263 e. The highest BCUT2D eigenvalue weighted by Gasteiger charge is 2.31. The van der Waals surface area contributed by atoms with Gasteiger partial charge >= 0.3 is 0 Å². The Kier molecular flexibility index (Phi) is 5.21. The Morgan fingerprint density at radius 1 is 1.21 bits per heavy atom. The molecule has 3 aromatic heterocycles. The molecule has 5 rings (SSSR count). The molecule has 1 amide bonds. The standard InChI is InChI=1S/C20H21N3O4S2/c24-16(22-5-3-13(4-6-22)20-26-7-8-27-20)10-23-12-21-18-17(19(23)25)14(11-29-18)15-2-1-9-28-15/h1-2,9,11-13,20H,3-8,10H2. The van der Waals surface area contributed by atoms with Crippen molar-refractivity contribution in [3.63, 3.8) is 0 Å². The Labute approximate surface area is 175 Å². The minimum absolute atomic E-state index is 0.0165. The van der Waals surface area contributed by atoms with E-state index >= 15 is 0 Å². The first-order chi connectivity index (χ1) is 14.2. The third-order valence-electron chi connectivity index (χ3n) is 5.58. The largest absolute Gasteiger partial charge is 0.350 e. The lowest BCUT2D eigenvalue weighted by atomic mass is 9.96. The summed E-state index contributed by atoms with van der Waals surface area (Å²) >= 11 is 3.05. The van der Waals surface area contributed by atoms with Crippen LogP contribution in [0.25, 0.3) is 20.7 Å². The van der Waals surface area contributed by atoms with E-state index in [1.165, 1.54) is 22.2 Å². The zero-order valence-electron chi connectivity index (χ0n) is 15.8. The highest BCUT2D eigenvalue weighted by Crippen LogP contribution is 2.33. The fourth-order valence-electron chi connectivity index (χ4n) is 4.01. The molecule has 2 aliphatic heterocycles. The number of likely N-dealkylation sites (tertiary alicyclic amines) is 1. The van der Waals surface area contributed by atoms with Crippen molar-refractivity contribution in [2.24, 2.45) is 5.92 Å². The van der Waals surface area contributed by atoms with Crippen LogP contribution in [-0.2, 0) is 20.8 Å². The maximum atomic E-state index is 13.1. The van der Waals surface area contributed by atoms with Gasteiger partial charge in [-0.05, 0) is 24.3 Å². The maximum absolute atomic E-state index is 13.1. The Bertz CT molecular complexity index is 1060. The van der Waals surface area contributed by atoms with Crippen molar-refractivity contribution in [1.29, 1.82) is 0 Å². The van der Waals surface area contributed by atoms with Gasteiger partial charge < -0.3 is 14.4 Å². The third kappa shape index (κ3) is 3.63. The molecular formula is C20H21N3O4S2. The second-order valence-electron chi connectivity index (χ2n) is 7.31. The maximum Gasteiger partial charge on any atom is 0.263 e. The van der Waals surface area contributed by atoms with Crippen LogP contribution in [0.1, 0.15) is 12.8 Å². The number of aromatic nitrogens is 2. The summed E-state index contributed by atoms with van der Waals surface area (Å²) in [4.78, 5) is 33.9. The van der Waals surface area contributed by atoms with Gasteiger partial charge in [-0.2, -0.15) is 0 Å². The highest BCUT2D eigenvalue weighted by molar-refractivity contribution is 7.18. The topological polar surface area (TPSA) is 73.7 Å². The summed E-state index contributed by atoms with van der Waals surface area (Å²) in [5, 5.41) is 4.55. The van der Waals surface area contributed by atoms with Gasteiger partial charge in [0.25, 0.3) is 5.56 Å². The van der Waals surface area contributed by atoms with Gasteiger partial charge in [-0.25, -0.2) is 4.98 Å². The first-order valence-electron chi connectivity index (χ1n) is 9.72. The number of rotatable bonds is 4. The molecule has 0 radical (unpaired) electrons. The average Bonchev–Trinajstić information content (AvgIpc) is 3.51. The van der Waals surface area contributed by atoms with Gasteiger partial charge in [0, 0.05) is 34.8 Å². The van der Waals surface area contributed by atoms with Gasteiger partial charge in [-0.1, -0.05) is 6.07 Å². The first kappa shape index (κ1) is 18.9. The van der Waals surface area contributed by atoms with E-state index in [-0.39, 0.29) is 24.3 Å². The summed E-state index contributed by atoms with van der Waals surface area (Å²) in [5.41, 5.74) is 0.743. The number of hydrogen-bond acceptors (Lipinski definition) is 7. The van der Waals surface area contributed by atoms with E-state index in [0.717, 1.165) is 23.3 Å². The van der Waals surface area contributed by atoms with Crippen molar-refractivity contribution in [1.82, 2.24) is 14.5 Å². The number of fused-ring (bicyclic) bond motifs is 1. The van der Waals surface area contributed by atoms with E-state index in [9.17, 15) is 9.59 Å². The molecule has 2 aliphatic rings. The summed E-state index contributed by atoms with van der Waals surface area (Å²) in [6.07, 6.45) is 3.07. The van der Waals surface area contributed by atoms with Crippen molar-refractivity contribution in [3.05, 3.63) is 39.6 Å². The fourth-order valence-corrected chi connectivity index (χ4v) is 5.73. The Balaban J connectivity index is 1.31. The monoisotopic (exact) mass is 431 g/mol. The van der Waals surface area contributed by atoms with Crippen molar-refractivity contribution >= 4 is 38.8 Å². The molecule has 0 bridgehead atoms. The lowest BCUT2D eigenvalue weighted by molar-refractivity contribution is -0.137. The molecule has 2 fully saturated rings. The Hall–Kier alpha value is -2.07. The molecule has 0 saturated carbocycles. The predicted molar refractivity (Wildman–Crippen MR) is 112 cm³/mol. The molecule has 0 N–H and O–H groups in total. The van der Waals surface area contributed by atoms with Crippen LogP contribution in [-0.4, -0.2) is 53.0 Å².